The zero-order valence-electron chi connectivity index (χ0n) is 12.6. The maximum absolute atomic E-state index is 11.2. The van der Waals surface area contributed by atoms with Crippen molar-refractivity contribution >= 4 is 10.0 Å². The third-order valence-corrected chi connectivity index (χ3v) is 4.29. The molecule has 1 saturated heterocycles. The summed E-state index contributed by atoms with van der Waals surface area (Å²) in [6.45, 7) is 1.93. The van der Waals surface area contributed by atoms with Crippen LogP contribution in [0.5, 0.6) is 5.75 Å². The van der Waals surface area contributed by atoms with Gasteiger partial charge in [0.2, 0.25) is 10.0 Å². The van der Waals surface area contributed by atoms with E-state index in [4.69, 9.17) is 19.3 Å². The molecule has 0 amide bonds. The van der Waals surface area contributed by atoms with Gasteiger partial charge in [-0.2, -0.15) is 0 Å². The molecule has 0 aliphatic carbocycles. The lowest BCUT2D eigenvalue weighted by atomic mass is 10.2. The van der Waals surface area contributed by atoms with E-state index in [1.165, 1.54) is 12.1 Å². The van der Waals surface area contributed by atoms with Crippen LogP contribution < -0.4 is 9.88 Å². The Labute approximate surface area is 131 Å². The molecule has 124 valence electrons. The molecule has 0 spiro atoms. The van der Waals surface area contributed by atoms with E-state index in [9.17, 15) is 8.42 Å². The molecule has 1 aliphatic rings. The molecule has 1 aromatic rings. The average molecular weight is 329 g/mol. The van der Waals surface area contributed by atoms with E-state index in [1.807, 2.05) is 0 Å². The van der Waals surface area contributed by atoms with Gasteiger partial charge in [-0.3, -0.25) is 0 Å². The third-order valence-electron chi connectivity index (χ3n) is 3.38. The summed E-state index contributed by atoms with van der Waals surface area (Å²) in [5.41, 5.74) is 0. The molecule has 1 unspecified atom stereocenters. The van der Waals surface area contributed by atoms with Crippen LogP contribution in [0, 0.1) is 0 Å². The molecule has 1 aromatic carbocycles. The van der Waals surface area contributed by atoms with E-state index in [1.54, 1.807) is 12.1 Å². The van der Waals surface area contributed by atoms with E-state index < -0.39 is 10.0 Å². The second-order valence-electron chi connectivity index (χ2n) is 5.24. The Kier molecular flexibility index (Phi) is 6.63. The first kappa shape index (κ1) is 17.2. The summed E-state index contributed by atoms with van der Waals surface area (Å²) in [4.78, 5) is 0.0581. The summed E-state index contributed by atoms with van der Waals surface area (Å²) in [7, 11) is -3.69. The first-order valence-electron chi connectivity index (χ1n) is 7.54. The molecule has 0 aromatic heterocycles. The van der Waals surface area contributed by atoms with Crippen LogP contribution in [0.1, 0.15) is 32.1 Å². The Morgan fingerprint density at radius 3 is 2.77 bits per heavy atom. The zero-order chi connectivity index (χ0) is 15.8. The van der Waals surface area contributed by atoms with Crippen LogP contribution >= 0.6 is 0 Å². The van der Waals surface area contributed by atoms with Gasteiger partial charge in [0.15, 0.2) is 6.29 Å². The SMILES string of the molecule is NS(=O)(=O)c1cccc(OCCCCOC2CCCCO2)c1. The topological polar surface area (TPSA) is 87.9 Å². The van der Waals surface area contributed by atoms with E-state index in [2.05, 4.69) is 0 Å². The number of rotatable bonds is 8. The number of unbranched alkanes of at least 4 members (excludes halogenated alkanes) is 1. The molecule has 1 aliphatic heterocycles. The van der Waals surface area contributed by atoms with Gasteiger partial charge in [0.25, 0.3) is 0 Å². The minimum Gasteiger partial charge on any atom is -0.494 e. The Bertz CT molecular complexity index is 555. The van der Waals surface area contributed by atoms with Crippen LogP contribution in [0.4, 0.5) is 0 Å². The van der Waals surface area contributed by atoms with Crippen molar-refractivity contribution in [1.82, 2.24) is 0 Å². The molecular weight excluding hydrogens is 306 g/mol. The van der Waals surface area contributed by atoms with Gasteiger partial charge < -0.3 is 14.2 Å². The molecule has 2 rings (SSSR count). The van der Waals surface area contributed by atoms with Gasteiger partial charge in [0.05, 0.1) is 11.5 Å². The van der Waals surface area contributed by atoms with Crippen molar-refractivity contribution in [2.24, 2.45) is 5.14 Å². The standard InChI is InChI=1S/C15H23NO5S/c16-22(17,18)14-7-5-6-13(12-14)19-9-3-4-11-21-15-8-1-2-10-20-15/h5-7,12,15H,1-4,8-11H2,(H2,16,17,18). The lowest BCUT2D eigenvalue weighted by molar-refractivity contribution is -0.162. The quantitative estimate of drug-likeness (QED) is 0.737. The van der Waals surface area contributed by atoms with Crippen LogP contribution in [0.15, 0.2) is 29.2 Å². The Morgan fingerprint density at radius 2 is 2.05 bits per heavy atom. The number of ether oxygens (including phenoxy) is 3. The third kappa shape index (κ3) is 5.92. The first-order chi connectivity index (χ1) is 10.6. The summed E-state index contributed by atoms with van der Waals surface area (Å²) in [6.07, 6.45) is 4.89. The van der Waals surface area contributed by atoms with Crippen molar-refractivity contribution in [1.29, 1.82) is 0 Å². The molecule has 0 bridgehead atoms. The van der Waals surface area contributed by atoms with Crippen LogP contribution in [-0.2, 0) is 19.5 Å². The maximum Gasteiger partial charge on any atom is 0.238 e. The lowest BCUT2D eigenvalue weighted by Gasteiger charge is -2.22. The van der Waals surface area contributed by atoms with Crippen LogP contribution in [0.2, 0.25) is 0 Å². The number of nitrogens with two attached hydrogens (primary N) is 1. The number of primary sulfonamides is 1. The summed E-state index contributed by atoms with van der Waals surface area (Å²) in [5, 5.41) is 5.08. The molecule has 0 radical (unpaired) electrons. The fourth-order valence-electron chi connectivity index (χ4n) is 2.19. The van der Waals surface area contributed by atoms with Gasteiger partial charge in [-0.05, 0) is 44.2 Å². The highest BCUT2D eigenvalue weighted by Gasteiger charge is 2.13. The maximum atomic E-state index is 11.2. The molecule has 7 heteroatoms. The average Bonchev–Trinajstić information content (AvgIpc) is 2.51. The molecule has 22 heavy (non-hydrogen) atoms. The second-order valence-corrected chi connectivity index (χ2v) is 6.80. The Balaban J connectivity index is 1.62. The molecule has 2 N–H and O–H groups in total. The van der Waals surface area contributed by atoms with Crippen molar-refractivity contribution in [2.45, 2.75) is 43.3 Å². The van der Waals surface area contributed by atoms with Gasteiger partial charge in [-0.1, -0.05) is 6.07 Å². The van der Waals surface area contributed by atoms with Crippen molar-refractivity contribution in [3.8, 4) is 5.75 Å². The lowest BCUT2D eigenvalue weighted by Crippen LogP contribution is -2.22. The number of hydrogen-bond acceptors (Lipinski definition) is 5. The summed E-state index contributed by atoms with van der Waals surface area (Å²) >= 11 is 0. The monoisotopic (exact) mass is 329 g/mol. The number of hydrogen-bond donors (Lipinski definition) is 1. The van der Waals surface area contributed by atoms with Crippen molar-refractivity contribution in [3.05, 3.63) is 24.3 Å². The normalized spacial score (nSPS) is 19.0. The minimum absolute atomic E-state index is 0.0545. The molecule has 1 heterocycles. The molecule has 6 nitrogen and oxygen atoms in total. The fourth-order valence-corrected chi connectivity index (χ4v) is 2.74. The van der Waals surface area contributed by atoms with Gasteiger partial charge in [-0.25, -0.2) is 13.6 Å². The summed E-state index contributed by atoms with van der Waals surface area (Å²) < 4.78 is 39.1. The van der Waals surface area contributed by atoms with Gasteiger partial charge in [-0.15, -0.1) is 0 Å². The van der Waals surface area contributed by atoms with Crippen LogP contribution in [-0.4, -0.2) is 34.5 Å². The van der Waals surface area contributed by atoms with Crippen LogP contribution in [0.25, 0.3) is 0 Å². The number of benzene rings is 1. The predicted molar refractivity (Wildman–Crippen MR) is 82.1 cm³/mol. The van der Waals surface area contributed by atoms with Crippen LogP contribution in [0.3, 0.4) is 0 Å². The zero-order valence-corrected chi connectivity index (χ0v) is 13.4. The van der Waals surface area contributed by atoms with E-state index in [0.29, 0.717) is 19.0 Å². The van der Waals surface area contributed by atoms with Crippen molar-refractivity contribution in [2.75, 3.05) is 19.8 Å². The smallest absolute Gasteiger partial charge is 0.238 e. The second kappa shape index (κ2) is 8.47. The Morgan fingerprint density at radius 1 is 1.23 bits per heavy atom. The number of sulfonamides is 1. The van der Waals surface area contributed by atoms with E-state index in [-0.39, 0.29) is 11.2 Å². The van der Waals surface area contributed by atoms with E-state index >= 15 is 0 Å². The van der Waals surface area contributed by atoms with Gasteiger partial charge in [0, 0.05) is 19.3 Å². The highest BCUT2D eigenvalue weighted by atomic mass is 32.2. The van der Waals surface area contributed by atoms with Crippen molar-refractivity contribution in [3.63, 3.8) is 0 Å². The highest BCUT2D eigenvalue weighted by molar-refractivity contribution is 7.89. The van der Waals surface area contributed by atoms with Gasteiger partial charge >= 0.3 is 0 Å². The molecular formula is C15H23NO5S. The summed E-state index contributed by atoms with van der Waals surface area (Å²) in [6, 6.07) is 6.20. The largest absolute Gasteiger partial charge is 0.494 e. The first-order valence-corrected chi connectivity index (χ1v) is 9.09. The molecule has 0 saturated carbocycles. The van der Waals surface area contributed by atoms with E-state index in [0.717, 1.165) is 38.7 Å². The molecule has 1 fully saturated rings. The van der Waals surface area contributed by atoms with Gasteiger partial charge in [0.1, 0.15) is 5.75 Å². The minimum atomic E-state index is -3.69. The fraction of sp³-hybridized carbons (Fsp3) is 0.600. The Hall–Kier alpha value is -1.15. The molecule has 1 atom stereocenters. The highest BCUT2D eigenvalue weighted by Crippen LogP contribution is 2.17. The predicted octanol–water partition coefficient (Wildman–Crippen LogP) is 2.04. The summed E-state index contributed by atoms with van der Waals surface area (Å²) in [5.74, 6) is 0.503. The van der Waals surface area contributed by atoms with Crippen molar-refractivity contribution < 1.29 is 22.6 Å².